The molecular formula is C58H63BN2S. The molecule has 7 aromatic rings. The number of anilines is 3. The van der Waals surface area contributed by atoms with E-state index in [-0.39, 0.29) is 33.8 Å². The Morgan fingerprint density at radius 2 is 1.13 bits per heavy atom. The van der Waals surface area contributed by atoms with Crippen LogP contribution in [-0.2, 0) is 32.5 Å². The topological polar surface area (TPSA) is 16.1 Å². The van der Waals surface area contributed by atoms with Gasteiger partial charge in [-0.2, -0.15) is 0 Å². The van der Waals surface area contributed by atoms with Gasteiger partial charge in [-0.3, -0.25) is 4.98 Å². The van der Waals surface area contributed by atoms with Crippen LogP contribution in [0.4, 0.5) is 17.1 Å². The summed E-state index contributed by atoms with van der Waals surface area (Å²) in [4.78, 5) is 8.73. The summed E-state index contributed by atoms with van der Waals surface area (Å²) < 4.78 is 2.75. The first-order chi connectivity index (χ1) is 29.1. The zero-order valence-corrected chi connectivity index (χ0v) is 40.2. The van der Waals surface area contributed by atoms with Gasteiger partial charge in [0, 0.05) is 37.3 Å². The summed E-state index contributed by atoms with van der Waals surface area (Å²) in [6.45, 7) is 30.9. The van der Waals surface area contributed by atoms with Gasteiger partial charge in [-0.1, -0.05) is 186 Å². The third-order valence-electron chi connectivity index (χ3n) is 14.9. The SMILES string of the molecule is CC(C)(C)c1ccc(N2c3cc(C(C)(C)C)nc4c3B(c3cc5c(cc3C4(c3ccccc3)c3ccccc3)C(C)(C)CCC5(C)C)c3sc4ccc(C(C)(C)C)cc4c32)cc1. The van der Waals surface area contributed by atoms with Crippen molar-refractivity contribution in [1.29, 1.82) is 0 Å². The predicted molar refractivity (Wildman–Crippen MR) is 269 cm³/mol. The van der Waals surface area contributed by atoms with Crippen LogP contribution in [0.5, 0.6) is 0 Å². The molecule has 62 heavy (non-hydrogen) atoms. The van der Waals surface area contributed by atoms with E-state index in [9.17, 15) is 0 Å². The Hall–Kier alpha value is -4.93. The van der Waals surface area contributed by atoms with Gasteiger partial charge in [0.15, 0.2) is 0 Å². The van der Waals surface area contributed by atoms with E-state index in [1.54, 1.807) is 0 Å². The molecule has 4 heterocycles. The monoisotopic (exact) mass is 830 g/mol. The maximum Gasteiger partial charge on any atom is 0.262 e. The summed E-state index contributed by atoms with van der Waals surface area (Å²) in [6, 6.07) is 47.4. The van der Waals surface area contributed by atoms with Crippen molar-refractivity contribution in [3.05, 3.63) is 172 Å². The van der Waals surface area contributed by atoms with Gasteiger partial charge in [0.1, 0.15) is 0 Å². The van der Waals surface area contributed by atoms with Crippen LogP contribution in [0.1, 0.15) is 153 Å². The molecule has 0 atom stereocenters. The van der Waals surface area contributed by atoms with E-state index in [0.717, 1.165) is 17.8 Å². The van der Waals surface area contributed by atoms with Crippen molar-refractivity contribution in [2.24, 2.45) is 0 Å². The van der Waals surface area contributed by atoms with Crippen molar-refractivity contribution < 1.29 is 0 Å². The number of thiophene rings is 1. The summed E-state index contributed by atoms with van der Waals surface area (Å²) in [5, 5.41) is 1.34. The molecule has 3 aliphatic rings. The van der Waals surface area contributed by atoms with Gasteiger partial charge in [0.05, 0.1) is 16.8 Å². The minimum Gasteiger partial charge on any atom is -0.310 e. The fourth-order valence-electron chi connectivity index (χ4n) is 11.1. The molecule has 1 aliphatic carbocycles. The van der Waals surface area contributed by atoms with E-state index in [1.165, 1.54) is 88.2 Å². The Morgan fingerprint density at radius 3 is 1.68 bits per heavy atom. The minimum atomic E-state index is -0.679. The molecule has 0 N–H and O–H groups in total. The highest BCUT2D eigenvalue weighted by atomic mass is 32.1. The lowest BCUT2D eigenvalue weighted by atomic mass is 9.31. The highest BCUT2D eigenvalue weighted by molar-refractivity contribution is 7.33. The molecule has 0 fully saturated rings. The first-order valence-corrected chi connectivity index (χ1v) is 23.8. The van der Waals surface area contributed by atoms with Crippen molar-refractivity contribution in [2.75, 3.05) is 4.90 Å². The van der Waals surface area contributed by atoms with Crippen LogP contribution in [0.3, 0.4) is 0 Å². The van der Waals surface area contributed by atoms with Gasteiger partial charge in [0.2, 0.25) is 0 Å². The van der Waals surface area contributed by atoms with E-state index in [0.29, 0.717) is 0 Å². The zero-order chi connectivity index (χ0) is 43.9. The third kappa shape index (κ3) is 6.06. The normalized spacial score (nSPS) is 17.3. The Kier molecular flexibility index (Phi) is 8.98. The first kappa shape index (κ1) is 41.1. The molecule has 0 amide bonds. The summed E-state index contributed by atoms with van der Waals surface area (Å²) in [7, 11) is 0. The highest BCUT2D eigenvalue weighted by Gasteiger charge is 2.55. The molecule has 4 heteroatoms. The number of pyridine rings is 1. The summed E-state index contributed by atoms with van der Waals surface area (Å²) in [5.74, 6) is 0. The van der Waals surface area contributed by atoms with Crippen LogP contribution in [0.25, 0.3) is 10.1 Å². The van der Waals surface area contributed by atoms with Crippen molar-refractivity contribution in [2.45, 2.75) is 135 Å². The van der Waals surface area contributed by atoms with Gasteiger partial charge in [-0.05, 0) is 109 Å². The van der Waals surface area contributed by atoms with Gasteiger partial charge in [-0.15, -0.1) is 11.3 Å². The number of hydrogen-bond acceptors (Lipinski definition) is 3. The van der Waals surface area contributed by atoms with Crippen LogP contribution in [0.15, 0.2) is 121 Å². The van der Waals surface area contributed by atoms with Gasteiger partial charge >= 0.3 is 0 Å². The number of hydrogen-bond donors (Lipinski definition) is 0. The van der Waals surface area contributed by atoms with E-state index >= 15 is 0 Å². The van der Waals surface area contributed by atoms with Crippen LogP contribution in [-0.4, -0.2) is 11.7 Å². The van der Waals surface area contributed by atoms with Crippen LogP contribution in [0.2, 0.25) is 0 Å². The quantitative estimate of drug-likeness (QED) is 0.165. The molecule has 2 aromatic heterocycles. The van der Waals surface area contributed by atoms with Gasteiger partial charge < -0.3 is 4.90 Å². The predicted octanol–water partition coefficient (Wildman–Crippen LogP) is 13.5. The Bertz CT molecular complexity index is 2860. The average molecular weight is 831 g/mol. The maximum atomic E-state index is 6.09. The average Bonchev–Trinajstić information content (AvgIpc) is 3.60. The molecule has 0 radical (unpaired) electrons. The zero-order valence-electron chi connectivity index (χ0n) is 39.3. The molecule has 0 saturated carbocycles. The largest absolute Gasteiger partial charge is 0.310 e. The van der Waals surface area contributed by atoms with Crippen molar-refractivity contribution in [1.82, 2.24) is 4.98 Å². The fraction of sp³-hybridized carbons (Fsp3) is 0.362. The maximum absolute atomic E-state index is 6.09. The fourth-order valence-corrected chi connectivity index (χ4v) is 12.4. The lowest BCUT2D eigenvalue weighted by molar-refractivity contribution is 0.331. The van der Waals surface area contributed by atoms with Crippen LogP contribution < -0.4 is 20.6 Å². The second-order valence-electron chi connectivity index (χ2n) is 23.1. The van der Waals surface area contributed by atoms with E-state index in [4.69, 9.17) is 4.98 Å². The van der Waals surface area contributed by atoms with Crippen molar-refractivity contribution in [3.8, 4) is 0 Å². The molecule has 2 aliphatic heterocycles. The number of aromatic nitrogens is 1. The van der Waals surface area contributed by atoms with Gasteiger partial charge in [-0.25, -0.2) is 0 Å². The number of benzene rings is 5. The van der Waals surface area contributed by atoms with Crippen LogP contribution >= 0.6 is 11.3 Å². The second kappa shape index (κ2) is 13.5. The molecule has 0 spiro atoms. The second-order valence-corrected chi connectivity index (χ2v) is 24.2. The van der Waals surface area contributed by atoms with E-state index < -0.39 is 5.41 Å². The lowest BCUT2D eigenvalue weighted by Crippen LogP contribution is -2.65. The number of nitrogens with zero attached hydrogens (tertiary/aromatic N) is 2. The number of rotatable bonds is 3. The highest BCUT2D eigenvalue weighted by Crippen LogP contribution is 2.54. The molecule has 2 nitrogen and oxygen atoms in total. The molecule has 0 saturated heterocycles. The standard InChI is InChI=1S/C58H63BN2S/c1-53(2,3)36-24-27-40(28-25-36)61-46-35-48(55(7,8)9)60-51-49(46)59(52-50(61)41-32-39(54(4,5)6)26-29-47(41)62-52)45-34-43-42(56(10,11)30-31-57(43,12)13)33-44(45)58(51,37-20-16-14-17-21-37)38-22-18-15-19-23-38/h14-29,32-35H,30-31H2,1-13H3. The van der Waals surface area contributed by atoms with Crippen molar-refractivity contribution >= 4 is 60.9 Å². The summed E-state index contributed by atoms with van der Waals surface area (Å²) in [5.41, 5.74) is 17.6. The first-order valence-electron chi connectivity index (χ1n) is 23.0. The number of fused-ring (bicyclic) bond motifs is 7. The smallest absolute Gasteiger partial charge is 0.262 e. The van der Waals surface area contributed by atoms with E-state index in [2.05, 4.69) is 216 Å². The Balaban J connectivity index is 1.44. The van der Waals surface area contributed by atoms with E-state index in [1.807, 2.05) is 11.3 Å². The Labute approximate surface area is 375 Å². The molecular weight excluding hydrogens is 768 g/mol. The molecule has 0 unspecified atom stereocenters. The van der Waals surface area contributed by atoms with Crippen LogP contribution in [0, 0.1) is 0 Å². The van der Waals surface area contributed by atoms with Gasteiger partial charge in [0.25, 0.3) is 6.71 Å². The summed E-state index contributed by atoms with van der Waals surface area (Å²) >= 11 is 2.00. The van der Waals surface area contributed by atoms with Crippen molar-refractivity contribution in [3.63, 3.8) is 0 Å². The molecule has 10 rings (SSSR count). The third-order valence-corrected chi connectivity index (χ3v) is 16.1. The Morgan fingerprint density at radius 1 is 0.581 bits per heavy atom. The minimum absolute atomic E-state index is 0.00112. The lowest BCUT2D eigenvalue weighted by Gasteiger charge is -2.50. The molecule has 314 valence electrons. The molecule has 0 bridgehead atoms. The molecule has 5 aromatic carbocycles. The summed E-state index contributed by atoms with van der Waals surface area (Å²) in [6.07, 6.45) is 2.32.